The fraction of sp³-hybridized carbons (Fsp3) is 0.148. The van der Waals surface area contributed by atoms with Crippen molar-refractivity contribution in [1.29, 1.82) is 0 Å². The van der Waals surface area contributed by atoms with E-state index in [0.29, 0.717) is 24.5 Å². The molecular formula is C27H25N7O2. The molecule has 2 N–H and O–H groups in total. The number of pyridine rings is 1. The molecular weight excluding hydrogens is 454 g/mol. The SMILES string of the molecule is COc1ccc(-c2c(/C=C3\C=NN(c4cnccn4)C3=O)[nH]c(C)c2CNCc2ccncc2)cc1. The normalized spacial score (nSPS) is 14.1. The van der Waals surface area contributed by atoms with Crippen LogP contribution in [-0.4, -0.2) is 39.2 Å². The molecule has 0 saturated heterocycles. The molecule has 1 aliphatic rings. The van der Waals surface area contributed by atoms with Crippen molar-refractivity contribution in [2.75, 3.05) is 12.1 Å². The number of aromatic nitrogens is 4. The largest absolute Gasteiger partial charge is 0.497 e. The van der Waals surface area contributed by atoms with Gasteiger partial charge in [0.1, 0.15) is 5.75 Å². The van der Waals surface area contributed by atoms with E-state index in [9.17, 15) is 4.79 Å². The molecule has 180 valence electrons. The second kappa shape index (κ2) is 10.3. The Morgan fingerprint density at radius 3 is 2.56 bits per heavy atom. The molecule has 1 amide bonds. The van der Waals surface area contributed by atoms with Crippen molar-refractivity contribution < 1.29 is 9.53 Å². The lowest BCUT2D eigenvalue weighted by atomic mass is 9.98. The lowest BCUT2D eigenvalue weighted by Gasteiger charge is -2.11. The quantitative estimate of drug-likeness (QED) is 0.371. The van der Waals surface area contributed by atoms with Crippen LogP contribution in [0.1, 0.15) is 22.5 Å². The molecule has 0 atom stereocenters. The first-order chi connectivity index (χ1) is 17.6. The van der Waals surface area contributed by atoms with Gasteiger partial charge in [0.25, 0.3) is 5.91 Å². The summed E-state index contributed by atoms with van der Waals surface area (Å²) in [6.07, 6.45) is 11.5. The molecule has 5 rings (SSSR count). The van der Waals surface area contributed by atoms with E-state index in [1.807, 2.05) is 49.4 Å². The number of aryl methyl sites for hydroxylation is 1. The van der Waals surface area contributed by atoms with Crippen LogP contribution in [0.3, 0.4) is 0 Å². The van der Waals surface area contributed by atoms with Crippen molar-refractivity contribution in [3.63, 3.8) is 0 Å². The number of benzene rings is 1. The summed E-state index contributed by atoms with van der Waals surface area (Å²) in [5.74, 6) is 0.892. The van der Waals surface area contributed by atoms with Gasteiger partial charge in [-0.15, -0.1) is 0 Å². The maximum absolute atomic E-state index is 13.1. The van der Waals surface area contributed by atoms with Crippen LogP contribution in [0, 0.1) is 6.92 Å². The minimum Gasteiger partial charge on any atom is -0.497 e. The van der Waals surface area contributed by atoms with Crippen LogP contribution >= 0.6 is 0 Å². The highest BCUT2D eigenvalue weighted by Crippen LogP contribution is 2.33. The lowest BCUT2D eigenvalue weighted by molar-refractivity contribution is -0.114. The number of carbonyl (C=O) groups is 1. The van der Waals surface area contributed by atoms with E-state index >= 15 is 0 Å². The number of hydrogen-bond donors (Lipinski definition) is 2. The van der Waals surface area contributed by atoms with Crippen LogP contribution in [0.25, 0.3) is 17.2 Å². The molecule has 1 aliphatic heterocycles. The maximum Gasteiger partial charge on any atom is 0.281 e. The van der Waals surface area contributed by atoms with Gasteiger partial charge in [0.2, 0.25) is 0 Å². The Labute approximate surface area is 208 Å². The monoisotopic (exact) mass is 479 g/mol. The zero-order valence-electron chi connectivity index (χ0n) is 20.0. The smallest absolute Gasteiger partial charge is 0.281 e. The minimum atomic E-state index is -0.263. The summed E-state index contributed by atoms with van der Waals surface area (Å²) < 4.78 is 5.34. The Hall–Kier alpha value is -4.63. The zero-order valence-corrected chi connectivity index (χ0v) is 20.0. The van der Waals surface area contributed by atoms with Gasteiger partial charge >= 0.3 is 0 Å². The van der Waals surface area contributed by atoms with E-state index in [1.165, 1.54) is 17.4 Å². The van der Waals surface area contributed by atoms with Crippen molar-refractivity contribution >= 4 is 24.0 Å². The Morgan fingerprint density at radius 2 is 1.83 bits per heavy atom. The summed E-state index contributed by atoms with van der Waals surface area (Å²) in [5, 5.41) is 9.02. The number of ether oxygens (including phenoxy) is 1. The van der Waals surface area contributed by atoms with Gasteiger partial charge in [0.15, 0.2) is 5.82 Å². The number of carbonyl (C=O) groups excluding carboxylic acids is 1. The standard InChI is InChI=1S/C27H25N7O2/c1-18-23(16-30-14-19-7-9-28-10-8-19)26(20-3-5-22(36-2)6-4-20)24(33-18)13-21-15-32-34(27(21)35)25-17-29-11-12-31-25/h3-13,15,17,30,33H,14,16H2,1-2H3/b21-13+. The van der Waals surface area contributed by atoms with Gasteiger partial charge in [-0.25, -0.2) is 4.98 Å². The highest BCUT2D eigenvalue weighted by atomic mass is 16.5. The Morgan fingerprint density at radius 1 is 1.03 bits per heavy atom. The summed E-state index contributed by atoms with van der Waals surface area (Å²) in [6.45, 7) is 3.39. The minimum absolute atomic E-state index is 0.263. The van der Waals surface area contributed by atoms with Gasteiger partial charge < -0.3 is 15.0 Å². The Bertz CT molecular complexity index is 1410. The molecule has 36 heavy (non-hydrogen) atoms. The molecule has 0 radical (unpaired) electrons. The molecule has 9 heteroatoms. The molecule has 0 saturated carbocycles. The molecule has 0 aliphatic carbocycles. The van der Waals surface area contributed by atoms with Crippen molar-refractivity contribution in [3.8, 4) is 16.9 Å². The van der Waals surface area contributed by atoms with E-state index in [4.69, 9.17) is 4.74 Å². The summed E-state index contributed by atoms with van der Waals surface area (Å²) in [6, 6.07) is 11.9. The van der Waals surface area contributed by atoms with Crippen molar-refractivity contribution in [1.82, 2.24) is 25.3 Å². The molecule has 3 aromatic heterocycles. The first-order valence-corrected chi connectivity index (χ1v) is 11.5. The molecule has 0 bridgehead atoms. The third-order valence-corrected chi connectivity index (χ3v) is 5.92. The number of amides is 1. The number of methoxy groups -OCH3 is 1. The number of hydrogen-bond acceptors (Lipinski definition) is 7. The summed E-state index contributed by atoms with van der Waals surface area (Å²) in [7, 11) is 1.65. The van der Waals surface area contributed by atoms with Crippen LogP contribution in [0.15, 0.2) is 78.1 Å². The third kappa shape index (κ3) is 4.77. The number of H-pyrrole nitrogens is 1. The number of nitrogens with zero attached hydrogens (tertiary/aromatic N) is 5. The van der Waals surface area contributed by atoms with Crippen LogP contribution < -0.4 is 15.1 Å². The van der Waals surface area contributed by atoms with E-state index < -0.39 is 0 Å². The van der Waals surface area contributed by atoms with E-state index in [0.717, 1.165) is 39.4 Å². The first-order valence-electron chi connectivity index (χ1n) is 11.5. The van der Waals surface area contributed by atoms with Gasteiger partial charge in [-0.1, -0.05) is 12.1 Å². The molecule has 4 aromatic rings. The maximum atomic E-state index is 13.1. The zero-order chi connectivity index (χ0) is 24.9. The van der Waals surface area contributed by atoms with Crippen LogP contribution in [0.5, 0.6) is 5.75 Å². The highest BCUT2D eigenvalue weighted by molar-refractivity contribution is 6.25. The average Bonchev–Trinajstić information content (AvgIpc) is 3.44. The predicted molar refractivity (Wildman–Crippen MR) is 138 cm³/mol. The topological polar surface area (TPSA) is 108 Å². The van der Waals surface area contributed by atoms with Gasteiger partial charge in [-0.05, 0) is 54.0 Å². The van der Waals surface area contributed by atoms with Crippen LogP contribution in [0.4, 0.5) is 5.82 Å². The highest BCUT2D eigenvalue weighted by Gasteiger charge is 2.26. The average molecular weight is 480 g/mol. The second-order valence-electron chi connectivity index (χ2n) is 8.23. The van der Waals surface area contributed by atoms with Gasteiger partial charge in [-0.3, -0.25) is 14.8 Å². The number of aromatic amines is 1. The molecule has 0 fully saturated rings. The van der Waals surface area contributed by atoms with Gasteiger partial charge in [0, 0.05) is 54.8 Å². The molecule has 9 nitrogen and oxygen atoms in total. The van der Waals surface area contributed by atoms with E-state index in [2.05, 4.69) is 30.4 Å². The fourth-order valence-electron chi connectivity index (χ4n) is 4.11. The Balaban J connectivity index is 1.48. The second-order valence-corrected chi connectivity index (χ2v) is 8.23. The van der Waals surface area contributed by atoms with E-state index in [-0.39, 0.29) is 5.91 Å². The predicted octanol–water partition coefficient (Wildman–Crippen LogP) is 3.89. The number of rotatable bonds is 8. The van der Waals surface area contributed by atoms with Crippen molar-refractivity contribution in [2.24, 2.45) is 5.10 Å². The fourth-order valence-corrected chi connectivity index (χ4v) is 4.11. The number of nitrogens with one attached hydrogen (secondary N) is 2. The van der Waals surface area contributed by atoms with E-state index in [1.54, 1.807) is 31.9 Å². The summed E-state index contributed by atoms with van der Waals surface area (Å²) >= 11 is 0. The molecule has 4 heterocycles. The number of hydrazone groups is 1. The Kier molecular flexibility index (Phi) is 6.63. The number of anilines is 1. The van der Waals surface area contributed by atoms with Gasteiger partial charge in [0.05, 0.1) is 25.1 Å². The van der Waals surface area contributed by atoms with Crippen molar-refractivity contribution in [2.45, 2.75) is 20.0 Å². The van der Waals surface area contributed by atoms with Crippen LogP contribution in [0.2, 0.25) is 0 Å². The lowest BCUT2D eigenvalue weighted by Crippen LogP contribution is -2.22. The summed E-state index contributed by atoms with van der Waals surface area (Å²) in [5.41, 5.74) is 6.60. The van der Waals surface area contributed by atoms with Crippen molar-refractivity contribution in [3.05, 3.63) is 95.5 Å². The van der Waals surface area contributed by atoms with Gasteiger partial charge in [-0.2, -0.15) is 10.1 Å². The summed E-state index contributed by atoms with van der Waals surface area (Å²) in [4.78, 5) is 28.8. The third-order valence-electron chi connectivity index (χ3n) is 5.92. The van der Waals surface area contributed by atoms with Crippen LogP contribution in [-0.2, 0) is 17.9 Å². The molecule has 0 unspecified atom stereocenters. The first kappa shape index (κ1) is 23.1. The molecule has 0 spiro atoms. The molecule has 1 aromatic carbocycles.